The zero-order valence-electron chi connectivity index (χ0n) is 14.6. The van der Waals surface area contributed by atoms with E-state index in [0.717, 1.165) is 35.3 Å². The summed E-state index contributed by atoms with van der Waals surface area (Å²) in [6.45, 7) is 0. The van der Waals surface area contributed by atoms with Gasteiger partial charge in [-0.05, 0) is 97.2 Å². The maximum atomic E-state index is 11.4. The molecule has 1 amide bonds. The van der Waals surface area contributed by atoms with Gasteiger partial charge in [-0.1, -0.05) is 12.1 Å². The van der Waals surface area contributed by atoms with Gasteiger partial charge in [-0.25, -0.2) is 5.48 Å². The summed E-state index contributed by atoms with van der Waals surface area (Å²) in [6, 6.07) is 15.3. The molecule has 4 aliphatic rings. The Morgan fingerprint density at radius 3 is 2.19 bits per heavy atom. The Bertz CT molecular complexity index is 810. The monoisotopic (exact) mass is 349 g/mol. The Balaban J connectivity index is 1.29. The molecule has 0 radical (unpaired) electrons. The molecule has 2 N–H and O–H groups in total. The van der Waals surface area contributed by atoms with E-state index in [1.165, 1.54) is 31.2 Å². The van der Waals surface area contributed by atoms with Crippen molar-refractivity contribution in [2.45, 2.75) is 31.6 Å². The minimum absolute atomic E-state index is 0.390. The van der Waals surface area contributed by atoms with Gasteiger partial charge in [-0.2, -0.15) is 0 Å². The second-order valence-corrected chi connectivity index (χ2v) is 8.16. The maximum Gasteiger partial charge on any atom is 0.274 e. The molecule has 5 unspecified atom stereocenters. The lowest BCUT2D eigenvalue weighted by Crippen LogP contribution is -2.21. The first-order chi connectivity index (χ1) is 12.7. The SMILES string of the molecule is O=C(NO)c1ccc(Oc2ccc(C3C4CC5CC(C4)C3C5)cc2)cc1. The van der Waals surface area contributed by atoms with Crippen molar-refractivity contribution in [2.24, 2.45) is 23.7 Å². The number of hydrogen-bond donors (Lipinski definition) is 2. The number of carbonyl (C=O) groups is 1. The molecule has 4 bridgehead atoms. The van der Waals surface area contributed by atoms with Gasteiger partial charge in [0, 0.05) is 5.56 Å². The highest BCUT2D eigenvalue weighted by Gasteiger charge is 2.53. The summed E-state index contributed by atoms with van der Waals surface area (Å²) in [5.74, 6) is 5.51. The van der Waals surface area contributed by atoms with Crippen LogP contribution in [0.1, 0.15) is 47.5 Å². The van der Waals surface area contributed by atoms with Crippen molar-refractivity contribution >= 4 is 5.91 Å². The van der Waals surface area contributed by atoms with Gasteiger partial charge in [0.2, 0.25) is 0 Å². The van der Waals surface area contributed by atoms with Crippen molar-refractivity contribution in [1.29, 1.82) is 0 Å². The number of nitrogens with one attached hydrogen (secondary N) is 1. The van der Waals surface area contributed by atoms with Crippen LogP contribution in [-0.4, -0.2) is 11.1 Å². The summed E-state index contributed by atoms with van der Waals surface area (Å²) in [5.41, 5.74) is 3.49. The predicted octanol–water partition coefficient (Wildman–Crippen LogP) is 4.75. The van der Waals surface area contributed by atoms with Crippen LogP contribution in [0.15, 0.2) is 48.5 Å². The zero-order valence-corrected chi connectivity index (χ0v) is 14.6. The van der Waals surface area contributed by atoms with E-state index < -0.39 is 5.91 Å². The Morgan fingerprint density at radius 2 is 1.54 bits per heavy atom. The third-order valence-corrected chi connectivity index (χ3v) is 6.78. The number of rotatable bonds is 4. The van der Waals surface area contributed by atoms with Crippen LogP contribution in [0.4, 0.5) is 0 Å². The molecule has 4 saturated carbocycles. The van der Waals surface area contributed by atoms with E-state index in [-0.39, 0.29) is 0 Å². The zero-order chi connectivity index (χ0) is 17.7. The average Bonchev–Trinajstić information content (AvgIpc) is 3.09. The van der Waals surface area contributed by atoms with Gasteiger partial charge in [0.15, 0.2) is 0 Å². The first-order valence-electron chi connectivity index (χ1n) is 9.53. The van der Waals surface area contributed by atoms with Crippen molar-refractivity contribution in [2.75, 3.05) is 0 Å². The van der Waals surface area contributed by atoms with Crippen LogP contribution in [-0.2, 0) is 0 Å². The van der Waals surface area contributed by atoms with E-state index in [0.29, 0.717) is 11.3 Å². The van der Waals surface area contributed by atoms with E-state index in [1.807, 2.05) is 0 Å². The number of benzene rings is 2. The molecule has 6 rings (SSSR count). The molecule has 4 nitrogen and oxygen atoms in total. The third-order valence-electron chi connectivity index (χ3n) is 6.78. The lowest BCUT2D eigenvalue weighted by Gasteiger charge is -2.32. The Labute approximate surface area is 153 Å². The third kappa shape index (κ3) is 2.60. The molecule has 4 heteroatoms. The number of carbonyl (C=O) groups excluding carboxylic acids is 1. The second kappa shape index (κ2) is 6.13. The molecule has 4 aliphatic carbocycles. The molecule has 0 spiro atoms. The normalized spacial score (nSPS) is 31.2. The van der Waals surface area contributed by atoms with Crippen LogP contribution in [0.2, 0.25) is 0 Å². The number of ether oxygens (including phenoxy) is 1. The fourth-order valence-corrected chi connectivity index (χ4v) is 5.89. The van der Waals surface area contributed by atoms with Gasteiger partial charge in [0.05, 0.1) is 0 Å². The van der Waals surface area contributed by atoms with Gasteiger partial charge in [0.1, 0.15) is 11.5 Å². The van der Waals surface area contributed by atoms with Crippen molar-refractivity contribution in [3.63, 3.8) is 0 Å². The summed E-state index contributed by atoms with van der Waals surface area (Å²) >= 11 is 0. The van der Waals surface area contributed by atoms with Crippen molar-refractivity contribution in [3.8, 4) is 11.5 Å². The first kappa shape index (κ1) is 15.9. The Kier molecular flexibility index (Phi) is 3.75. The number of amides is 1. The highest BCUT2D eigenvalue weighted by atomic mass is 16.5. The maximum absolute atomic E-state index is 11.4. The van der Waals surface area contributed by atoms with Gasteiger partial charge in [0.25, 0.3) is 5.91 Å². The highest BCUT2D eigenvalue weighted by molar-refractivity contribution is 5.93. The molecular formula is C22H23NO3. The lowest BCUT2D eigenvalue weighted by atomic mass is 9.73. The lowest BCUT2D eigenvalue weighted by molar-refractivity contribution is 0.0706. The average molecular weight is 349 g/mol. The van der Waals surface area contributed by atoms with Crippen LogP contribution in [0.5, 0.6) is 11.5 Å². The highest BCUT2D eigenvalue weighted by Crippen LogP contribution is 2.64. The quantitative estimate of drug-likeness (QED) is 0.619. The molecule has 134 valence electrons. The molecule has 0 aromatic heterocycles. The van der Waals surface area contributed by atoms with E-state index in [2.05, 4.69) is 24.3 Å². The van der Waals surface area contributed by atoms with E-state index >= 15 is 0 Å². The molecule has 0 saturated heterocycles. The van der Waals surface area contributed by atoms with Crippen molar-refractivity contribution in [3.05, 3.63) is 59.7 Å². The van der Waals surface area contributed by atoms with E-state index in [4.69, 9.17) is 9.94 Å². The second-order valence-electron chi connectivity index (χ2n) is 8.16. The van der Waals surface area contributed by atoms with E-state index in [9.17, 15) is 4.79 Å². The molecule has 2 aromatic rings. The van der Waals surface area contributed by atoms with Crippen LogP contribution < -0.4 is 10.2 Å². The summed E-state index contributed by atoms with van der Waals surface area (Å²) in [7, 11) is 0. The standard InChI is InChI=1S/C22H23NO3/c24-22(23-25)15-3-7-19(8-4-15)26-18-5-1-14(2-6-18)21-17-10-13-9-16(12-17)20(21)11-13/h1-8,13,16-17,20-21,25H,9-12H2,(H,23,24). The molecule has 2 aromatic carbocycles. The Hall–Kier alpha value is -2.33. The fraction of sp³-hybridized carbons (Fsp3) is 0.409. The smallest absolute Gasteiger partial charge is 0.274 e. The van der Waals surface area contributed by atoms with Crippen LogP contribution in [0.25, 0.3) is 0 Å². The van der Waals surface area contributed by atoms with Gasteiger partial charge in [-0.3, -0.25) is 10.0 Å². The number of hydroxylamine groups is 1. The topological polar surface area (TPSA) is 58.6 Å². The largest absolute Gasteiger partial charge is 0.457 e. The summed E-state index contributed by atoms with van der Waals surface area (Å²) in [6.07, 6.45) is 5.79. The molecule has 0 heterocycles. The molecular weight excluding hydrogens is 326 g/mol. The van der Waals surface area contributed by atoms with Crippen LogP contribution >= 0.6 is 0 Å². The minimum Gasteiger partial charge on any atom is -0.457 e. The van der Waals surface area contributed by atoms with Gasteiger partial charge < -0.3 is 4.74 Å². The van der Waals surface area contributed by atoms with Gasteiger partial charge >= 0.3 is 0 Å². The molecule has 0 aliphatic heterocycles. The fourth-order valence-electron chi connectivity index (χ4n) is 5.89. The summed E-state index contributed by atoms with van der Waals surface area (Å²) in [5, 5.41) is 8.66. The van der Waals surface area contributed by atoms with Crippen molar-refractivity contribution in [1.82, 2.24) is 5.48 Å². The Morgan fingerprint density at radius 1 is 0.885 bits per heavy atom. The predicted molar refractivity (Wildman–Crippen MR) is 97.4 cm³/mol. The number of hydrogen-bond acceptors (Lipinski definition) is 3. The van der Waals surface area contributed by atoms with Crippen LogP contribution in [0, 0.1) is 23.7 Å². The summed E-state index contributed by atoms with van der Waals surface area (Å²) in [4.78, 5) is 11.4. The van der Waals surface area contributed by atoms with Gasteiger partial charge in [-0.15, -0.1) is 0 Å². The summed E-state index contributed by atoms with van der Waals surface area (Å²) < 4.78 is 5.89. The van der Waals surface area contributed by atoms with E-state index in [1.54, 1.807) is 29.7 Å². The molecule has 4 fully saturated rings. The first-order valence-corrected chi connectivity index (χ1v) is 9.53. The molecule has 26 heavy (non-hydrogen) atoms. The van der Waals surface area contributed by atoms with Crippen molar-refractivity contribution < 1.29 is 14.7 Å². The van der Waals surface area contributed by atoms with Crippen LogP contribution in [0.3, 0.4) is 0 Å². The minimum atomic E-state index is -0.527. The molecule has 5 atom stereocenters.